The summed E-state index contributed by atoms with van der Waals surface area (Å²) in [6.07, 6.45) is 1.53. The van der Waals surface area contributed by atoms with Gasteiger partial charge in [0, 0.05) is 19.6 Å². The van der Waals surface area contributed by atoms with Gasteiger partial charge >= 0.3 is 0 Å². The van der Waals surface area contributed by atoms with Crippen molar-refractivity contribution in [1.82, 2.24) is 10.6 Å². The summed E-state index contributed by atoms with van der Waals surface area (Å²) in [5.74, 6) is 0.883. The molecule has 0 radical (unpaired) electrons. The number of hydrogen-bond donors (Lipinski definition) is 2. The fourth-order valence-corrected chi connectivity index (χ4v) is 3.11. The Morgan fingerprint density at radius 3 is 2.48 bits per heavy atom. The Morgan fingerprint density at radius 1 is 1.14 bits per heavy atom. The molecule has 1 aromatic rings. The molecule has 0 unspecified atom stereocenters. The van der Waals surface area contributed by atoms with Crippen LogP contribution in [0.2, 0.25) is 0 Å². The monoisotopic (exact) mass is 311 g/mol. The highest BCUT2D eigenvalue weighted by molar-refractivity contribution is 7.91. The second-order valence-electron chi connectivity index (χ2n) is 4.67. The van der Waals surface area contributed by atoms with Gasteiger partial charge < -0.3 is 10.6 Å². The first-order valence-electron chi connectivity index (χ1n) is 7.40. The van der Waals surface area contributed by atoms with Gasteiger partial charge in [-0.1, -0.05) is 25.1 Å². The molecule has 1 rings (SSSR count). The zero-order valence-corrected chi connectivity index (χ0v) is 13.6. The van der Waals surface area contributed by atoms with Crippen molar-refractivity contribution in [1.29, 1.82) is 0 Å². The number of rotatable bonds is 8. The summed E-state index contributed by atoms with van der Waals surface area (Å²) in [6, 6.07) is 8.57. The molecule has 0 aliphatic heterocycles. The molecule has 0 fully saturated rings. The Kier molecular flexibility index (Phi) is 7.82. The van der Waals surface area contributed by atoms with Gasteiger partial charge in [-0.25, -0.2) is 8.42 Å². The van der Waals surface area contributed by atoms with E-state index in [4.69, 9.17) is 0 Å². The second kappa shape index (κ2) is 9.39. The Bertz CT molecular complexity index is 527. The van der Waals surface area contributed by atoms with E-state index in [1.54, 1.807) is 24.3 Å². The van der Waals surface area contributed by atoms with Crippen LogP contribution in [-0.4, -0.2) is 39.8 Å². The number of aliphatic imine (C=N–C) groups is 1. The predicted molar refractivity (Wildman–Crippen MR) is 87.4 cm³/mol. The van der Waals surface area contributed by atoms with E-state index in [1.807, 2.05) is 13.0 Å². The molecule has 0 aliphatic carbocycles. The Morgan fingerprint density at radius 2 is 1.86 bits per heavy atom. The maximum Gasteiger partial charge on any atom is 0.191 e. The molecule has 0 heterocycles. The average Bonchev–Trinajstić information content (AvgIpc) is 2.50. The zero-order valence-electron chi connectivity index (χ0n) is 12.8. The normalized spacial score (nSPS) is 12.2. The molecule has 0 aliphatic rings. The molecule has 6 heteroatoms. The molecule has 21 heavy (non-hydrogen) atoms. The highest BCUT2D eigenvalue weighted by atomic mass is 32.2. The van der Waals surface area contributed by atoms with Crippen LogP contribution in [0.4, 0.5) is 0 Å². The summed E-state index contributed by atoms with van der Waals surface area (Å²) >= 11 is 0. The zero-order chi connectivity index (χ0) is 15.6. The van der Waals surface area contributed by atoms with Gasteiger partial charge in [-0.15, -0.1) is 0 Å². The van der Waals surface area contributed by atoms with Crippen LogP contribution in [0.15, 0.2) is 40.2 Å². The third-order valence-corrected chi connectivity index (χ3v) is 4.64. The van der Waals surface area contributed by atoms with E-state index >= 15 is 0 Å². The second-order valence-corrected chi connectivity index (χ2v) is 6.78. The third-order valence-electron chi connectivity index (χ3n) is 2.82. The van der Waals surface area contributed by atoms with Crippen molar-refractivity contribution < 1.29 is 8.42 Å². The molecule has 0 saturated heterocycles. The summed E-state index contributed by atoms with van der Waals surface area (Å²) in [4.78, 5) is 4.75. The lowest BCUT2D eigenvalue weighted by Gasteiger charge is -2.11. The van der Waals surface area contributed by atoms with Crippen LogP contribution >= 0.6 is 0 Å². The first-order valence-corrected chi connectivity index (χ1v) is 9.05. The molecule has 2 N–H and O–H groups in total. The van der Waals surface area contributed by atoms with Crippen LogP contribution in [0, 0.1) is 0 Å². The van der Waals surface area contributed by atoms with E-state index in [1.165, 1.54) is 0 Å². The molecule has 0 saturated carbocycles. The molecule has 0 bridgehead atoms. The lowest BCUT2D eigenvalue weighted by molar-refractivity contribution is 0.592. The minimum absolute atomic E-state index is 0.136. The molecular formula is C15H25N3O2S. The first-order chi connectivity index (χ1) is 10.1. The standard InChI is InChI=1S/C15H25N3O2S/c1-3-11-17-15(16-4-2)18-12-8-13-21(19,20)14-9-6-5-7-10-14/h5-7,9-10H,3-4,8,11-13H2,1-2H3,(H2,16,17,18). The summed E-state index contributed by atoms with van der Waals surface area (Å²) in [6.45, 7) is 6.21. The van der Waals surface area contributed by atoms with Gasteiger partial charge in [-0.2, -0.15) is 0 Å². The quantitative estimate of drug-likeness (QED) is 0.436. The van der Waals surface area contributed by atoms with Gasteiger partial charge in [0.15, 0.2) is 15.8 Å². The predicted octanol–water partition coefficient (Wildman–Crippen LogP) is 1.82. The maximum absolute atomic E-state index is 12.1. The van der Waals surface area contributed by atoms with Crippen molar-refractivity contribution >= 4 is 15.8 Å². The van der Waals surface area contributed by atoms with Crippen molar-refractivity contribution in [2.45, 2.75) is 31.6 Å². The fourth-order valence-electron chi connectivity index (χ4n) is 1.78. The molecule has 0 amide bonds. The highest BCUT2D eigenvalue weighted by Crippen LogP contribution is 2.10. The van der Waals surface area contributed by atoms with Gasteiger partial charge in [0.2, 0.25) is 0 Å². The fraction of sp³-hybridized carbons (Fsp3) is 0.533. The molecule has 118 valence electrons. The number of sulfone groups is 1. The van der Waals surface area contributed by atoms with E-state index < -0.39 is 9.84 Å². The van der Waals surface area contributed by atoms with Crippen molar-refractivity contribution in [3.8, 4) is 0 Å². The van der Waals surface area contributed by atoms with Gasteiger partial charge in [-0.3, -0.25) is 4.99 Å². The van der Waals surface area contributed by atoms with Gasteiger partial charge in [0.05, 0.1) is 10.6 Å². The lowest BCUT2D eigenvalue weighted by atomic mass is 10.4. The van der Waals surface area contributed by atoms with Crippen molar-refractivity contribution in [3.63, 3.8) is 0 Å². The lowest BCUT2D eigenvalue weighted by Crippen LogP contribution is -2.38. The Balaban J connectivity index is 2.42. The number of benzene rings is 1. The molecular weight excluding hydrogens is 286 g/mol. The van der Waals surface area contributed by atoms with Gasteiger partial charge in [0.25, 0.3) is 0 Å². The summed E-state index contributed by atoms with van der Waals surface area (Å²) < 4.78 is 24.2. The smallest absolute Gasteiger partial charge is 0.191 e. The largest absolute Gasteiger partial charge is 0.357 e. The van der Waals surface area contributed by atoms with E-state index in [0.29, 0.717) is 17.9 Å². The van der Waals surface area contributed by atoms with Gasteiger partial charge in [-0.05, 0) is 31.9 Å². The van der Waals surface area contributed by atoms with E-state index in [2.05, 4.69) is 22.5 Å². The van der Waals surface area contributed by atoms with E-state index in [0.717, 1.165) is 25.5 Å². The first kappa shape index (κ1) is 17.5. The topological polar surface area (TPSA) is 70.6 Å². The highest BCUT2D eigenvalue weighted by Gasteiger charge is 2.12. The minimum atomic E-state index is -3.19. The Hall–Kier alpha value is -1.56. The van der Waals surface area contributed by atoms with Crippen LogP contribution in [-0.2, 0) is 9.84 Å². The molecule has 5 nitrogen and oxygen atoms in total. The van der Waals surface area contributed by atoms with Crippen LogP contribution < -0.4 is 10.6 Å². The third kappa shape index (κ3) is 6.62. The summed E-state index contributed by atoms with van der Waals surface area (Å²) in [5, 5.41) is 6.29. The minimum Gasteiger partial charge on any atom is -0.357 e. The van der Waals surface area contributed by atoms with Crippen molar-refractivity contribution in [2.24, 2.45) is 4.99 Å². The van der Waals surface area contributed by atoms with E-state index in [9.17, 15) is 8.42 Å². The van der Waals surface area contributed by atoms with Crippen molar-refractivity contribution in [3.05, 3.63) is 30.3 Å². The van der Waals surface area contributed by atoms with Crippen LogP contribution in [0.25, 0.3) is 0 Å². The number of nitrogens with zero attached hydrogens (tertiary/aromatic N) is 1. The number of nitrogens with one attached hydrogen (secondary N) is 2. The summed E-state index contributed by atoms with van der Waals surface area (Å²) in [7, 11) is -3.19. The SMILES string of the molecule is CCCN=C(NCC)NCCCS(=O)(=O)c1ccccc1. The van der Waals surface area contributed by atoms with Crippen LogP contribution in [0.5, 0.6) is 0 Å². The molecule has 1 aromatic carbocycles. The molecule has 0 atom stereocenters. The van der Waals surface area contributed by atoms with Crippen molar-refractivity contribution in [2.75, 3.05) is 25.4 Å². The maximum atomic E-state index is 12.1. The molecule has 0 spiro atoms. The Labute approximate surface area is 127 Å². The number of guanidine groups is 1. The number of hydrogen-bond acceptors (Lipinski definition) is 3. The molecule has 0 aromatic heterocycles. The summed E-state index contributed by atoms with van der Waals surface area (Å²) in [5.41, 5.74) is 0. The van der Waals surface area contributed by atoms with Crippen LogP contribution in [0.3, 0.4) is 0 Å². The van der Waals surface area contributed by atoms with Crippen LogP contribution in [0.1, 0.15) is 26.7 Å². The van der Waals surface area contributed by atoms with E-state index in [-0.39, 0.29) is 5.75 Å². The van der Waals surface area contributed by atoms with Gasteiger partial charge in [0.1, 0.15) is 0 Å². The average molecular weight is 311 g/mol.